The summed E-state index contributed by atoms with van der Waals surface area (Å²) in [5.41, 5.74) is -0.249. The lowest BCUT2D eigenvalue weighted by Gasteiger charge is -2.36. The van der Waals surface area contributed by atoms with Crippen LogP contribution in [-0.4, -0.2) is 72.0 Å². The molecule has 2 aliphatic heterocycles. The lowest BCUT2D eigenvalue weighted by molar-refractivity contribution is -0.123. The second-order valence-corrected chi connectivity index (χ2v) is 12.1. The van der Waals surface area contributed by atoms with Crippen molar-refractivity contribution in [1.29, 1.82) is 0 Å². The number of carbonyl (C=O) groups excluding carboxylic acids is 2. The molecule has 220 valence electrons. The van der Waals surface area contributed by atoms with Crippen LogP contribution in [0, 0.1) is 17.0 Å². The number of rotatable bonds is 6. The Labute approximate surface area is 239 Å². The molecule has 0 unspecified atom stereocenters. The van der Waals surface area contributed by atoms with Crippen LogP contribution in [0.4, 0.5) is 31.9 Å². The van der Waals surface area contributed by atoms with Crippen molar-refractivity contribution in [2.75, 3.05) is 48.3 Å². The third-order valence-corrected chi connectivity index (χ3v) is 9.40. The van der Waals surface area contributed by atoms with E-state index in [1.165, 1.54) is 6.42 Å². The molecule has 41 heavy (non-hydrogen) atoms. The van der Waals surface area contributed by atoms with Crippen molar-refractivity contribution in [3.8, 4) is 0 Å². The highest BCUT2D eigenvalue weighted by molar-refractivity contribution is 6.02. The molecule has 1 aromatic carbocycles. The number of likely N-dealkylation sites (tertiary alicyclic amines) is 1. The Morgan fingerprint density at radius 3 is 2.49 bits per heavy atom. The number of piperidine rings is 1. The van der Waals surface area contributed by atoms with Gasteiger partial charge < -0.3 is 25.3 Å². The number of amides is 2. The maximum absolute atomic E-state index is 15.2. The van der Waals surface area contributed by atoms with Gasteiger partial charge in [0, 0.05) is 44.8 Å². The molecular weight excluding hydrogens is 528 g/mol. The van der Waals surface area contributed by atoms with E-state index in [2.05, 4.69) is 32.3 Å². The topological polar surface area (TPSA) is 93.7 Å². The van der Waals surface area contributed by atoms with Gasteiger partial charge in [0.2, 0.25) is 11.9 Å². The van der Waals surface area contributed by atoms with E-state index in [9.17, 15) is 9.59 Å². The Balaban J connectivity index is 1.23. The molecule has 1 aromatic heterocycles. The molecule has 2 saturated carbocycles. The molecular formula is C30H39F2N7O2. The second kappa shape index (κ2) is 11.2. The highest BCUT2D eigenvalue weighted by Crippen LogP contribution is 2.52. The maximum Gasteiger partial charge on any atom is 0.254 e. The number of hydrogen-bond donors (Lipinski definition) is 2. The molecule has 0 radical (unpaired) electrons. The normalized spacial score (nSPS) is 21.5. The largest absolute Gasteiger partial charge is 0.351 e. The van der Waals surface area contributed by atoms with Crippen LogP contribution < -0.4 is 20.4 Å². The first-order valence-electron chi connectivity index (χ1n) is 15.0. The Kier molecular flexibility index (Phi) is 7.56. The van der Waals surface area contributed by atoms with Gasteiger partial charge in [-0.2, -0.15) is 4.98 Å². The zero-order valence-electron chi connectivity index (χ0n) is 23.9. The predicted molar refractivity (Wildman–Crippen MR) is 154 cm³/mol. The zero-order valence-corrected chi connectivity index (χ0v) is 23.9. The molecule has 3 heterocycles. The molecule has 6 rings (SSSR count). The van der Waals surface area contributed by atoms with E-state index in [0.29, 0.717) is 18.1 Å². The van der Waals surface area contributed by atoms with Crippen LogP contribution >= 0.6 is 0 Å². The van der Waals surface area contributed by atoms with E-state index in [4.69, 9.17) is 4.98 Å². The molecule has 1 saturated heterocycles. The first-order chi connectivity index (χ1) is 19.8. The minimum absolute atomic E-state index is 0.0644. The van der Waals surface area contributed by atoms with E-state index < -0.39 is 17.5 Å². The van der Waals surface area contributed by atoms with Gasteiger partial charge in [0.25, 0.3) is 5.91 Å². The molecule has 0 bridgehead atoms. The smallest absolute Gasteiger partial charge is 0.254 e. The molecule has 0 atom stereocenters. The molecule has 4 aliphatic rings. The number of fused-ring (bicyclic) bond motifs is 1. The standard InChI is InChI=1S/C30H39F2N7O2/c1-3-38-13-9-19(10-14-38)34-27(40)21-15-23(32)24(16-22(21)31)35-29-33-17-25-26(36-29)39(20-7-5-4-6-8-20)18-30(11-12-30)28(41)37(25)2/h15-17,19-20H,3-14,18H2,1-2H3,(H,34,40)(H,33,35,36). The summed E-state index contributed by atoms with van der Waals surface area (Å²) < 4.78 is 30.3. The lowest BCUT2D eigenvalue weighted by Crippen LogP contribution is -2.44. The van der Waals surface area contributed by atoms with Crippen LogP contribution in [0.5, 0.6) is 0 Å². The highest BCUT2D eigenvalue weighted by atomic mass is 19.1. The lowest BCUT2D eigenvalue weighted by atomic mass is 9.93. The number of carbonyl (C=O) groups is 2. The Morgan fingerprint density at radius 2 is 1.80 bits per heavy atom. The fraction of sp³-hybridized carbons (Fsp3) is 0.600. The third-order valence-electron chi connectivity index (χ3n) is 9.40. The van der Waals surface area contributed by atoms with Gasteiger partial charge >= 0.3 is 0 Å². The summed E-state index contributed by atoms with van der Waals surface area (Å²) in [6, 6.07) is 2.11. The van der Waals surface area contributed by atoms with Crippen molar-refractivity contribution in [2.45, 2.75) is 76.8 Å². The monoisotopic (exact) mass is 567 g/mol. The van der Waals surface area contributed by atoms with Gasteiger partial charge in [-0.05, 0) is 51.1 Å². The number of nitrogens with one attached hydrogen (secondary N) is 2. The summed E-state index contributed by atoms with van der Waals surface area (Å²) in [7, 11) is 1.76. The average Bonchev–Trinajstić information content (AvgIpc) is 3.79. The molecule has 1 spiro atoms. The van der Waals surface area contributed by atoms with Crippen LogP contribution in [0.25, 0.3) is 0 Å². The van der Waals surface area contributed by atoms with Crippen LogP contribution in [0.2, 0.25) is 0 Å². The molecule has 2 amide bonds. The van der Waals surface area contributed by atoms with E-state index in [0.717, 1.165) is 83.1 Å². The van der Waals surface area contributed by atoms with Crippen LogP contribution in [0.3, 0.4) is 0 Å². The summed E-state index contributed by atoms with van der Waals surface area (Å²) in [4.78, 5) is 41.4. The number of nitrogens with zero attached hydrogens (tertiary/aromatic N) is 5. The summed E-state index contributed by atoms with van der Waals surface area (Å²) in [6.07, 6.45) is 10.4. The number of anilines is 4. The number of benzene rings is 1. The summed E-state index contributed by atoms with van der Waals surface area (Å²) in [5.74, 6) is -1.38. The zero-order chi connectivity index (χ0) is 28.7. The van der Waals surface area contributed by atoms with Crippen LogP contribution in [0.15, 0.2) is 18.3 Å². The molecule has 2 aliphatic carbocycles. The summed E-state index contributed by atoms with van der Waals surface area (Å²) in [6.45, 7) is 5.39. The predicted octanol–water partition coefficient (Wildman–Crippen LogP) is 4.61. The molecule has 11 heteroatoms. The molecule has 9 nitrogen and oxygen atoms in total. The fourth-order valence-electron chi connectivity index (χ4n) is 6.62. The van der Waals surface area contributed by atoms with Gasteiger partial charge in [-0.15, -0.1) is 0 Å². The number of halogens is 2. The first kappa shape index (κ1) is 27.8. The van der Waals surface area contributed by atoms with Gasteiger partial charge in [-0.1, -0.05) is 26.2 Å². The summed E-state index contributed by atoms with van der Waals surface area (Å²) >= 11 is 0. The van der Waals surface area contributed by atoms with Crippen molar-refractivity contribution in [3.63, 3.8) is 0 Å². The highest BCUT2D eigenvalue weighted by Gasteiger charge is 2.55. The second-order valence-electron chi connectivity index (χ2n) is 12.1. The van der Waals surface area contributed by atoms with Gasteiger partial charge in [0.1, 0.15) is 17.3 Å². The van der Waals surface area contributed by atoms with Crippen LogP contribution in [0.1, 0.15) is 75.1 Å². The number of aromatic nitrogens is 2. The summed E-state index contributed by atoms with van der Waals surface area (Å²) in [5, 5.41) is 5.68. The maximum atomic E-state index is 15.2. The quantitative estimate of drug-likeness (QED) is 0.527. The van der Waals surface area contributed by atoms with Crippen LogP contribution in [-0.2, 0) is 4.79 Å². The van der Waals surface area contributed by atoms with E-state index >= 15 is 8.78 Å². The van der Waals surface area contributed by atoms with Gasteiger partial charge in [0.05, 0.1) is 22.9 Å². The van der Waals surface area contributed by atoms with Crippen molar-refractivity contribution >= 4 is 35.0 Å². The van der Waals surface area contributed by atoms with Crippen molar-refractivity contribution < 1.29 is 18.4 Å². The average molecular weight is 568 g/mol. The molecule has 2 N–H and O–H groups in total. The Hall–Kier alpha value is -3.34. The molecule has 3 fully saturated rings. The molecule has 2 aromatic rings. The Morgan fingerprint density at radius 1 is 1.07 bits per heavy atom. The van der Waals surface area contributed by atoms with E-state index in [1.54, 1.807) is 18.1 Å². The minimum atomic E-state index is -0.822. The van der Waals surface area contributed by atoms with Crippen molar-refractivity contribution in [2.24, 2.45) is 5.41 Å². The van der Waals surface area contributed by atoms with Gasteiger partial charge in [0.15, 0.2) is 5.82 Å². The van der Waals surface area contributed by atoms with Crippen molar-refractivity contribution in [3.05, 3.63) is 35.5 Å². The number of hydrogen-bond acceptors (Lipinski definition) is 7. The van der Waals surface area contributed by atoms with Gasteiger partial charge in [-0.3, -0.25) is 9.59 Å². The minimum Gasteiger partial charge on any atom is -0.351 e. The Bertz CT molecular complexity index is 1320. The van der Waals surface area contributed by atoms with Gasteiger partial charge in [-0.25, -0.2) is 13.8 Å². The first-order valence-corrected chi connectivity index (χ1v) is 15.0. The van der Waals surface area contributed by atoms with E-state index in [-0.39, 0.29) is 40.6 Å². The fourth-order valence-corrected chi connectivity index (χ4v) is 6.62. The third kappa shape index (κ3) is 5.48. The van der Waals surface area contributed by atoms with E-state index in [1.807, 2.05) is 0 Å². The SMILES string of the molecule is CCN1CCC(NC(=O)c2cc(F)c(Nc3ncc4c(n3)N(C3CCCCC3)CC3(CC3)C(=O)N4C)cc2F)CC1. The van der Waals surface area contributed by atoms with Crippen molar-refractivity contribution in [1.82, 2.24) is 20.2 Å².